The Morgan fingerprint density at radius 1 is 1.05 bits per heavy atom. The molecule has 0 bridgehead atoms. The average Bonchev–Trinajstić information content (AvgIpc) is 3.02. The number of carbonyl (C=O) groups excluding carboxylic acids is 1. The minimum absolute atomic E-state index is 0.0914. The van der Waals surface area contributed by atoms with Gasteiger partial charge in [-0.2, -0.15) is 4.98 Å². The van der Waals surface area contributed by atoms with Crippen LogP contribution >= 0.6 is 0 Å². The van der Waals surface area contributed by atoms with Crippen molar-refractivity contribution in [2.75, 3.05) is 52.0 Å². The highest BCUT2D eigenvalue weighted by molar-refractivity contribution is 5.80. The van der Waals surface area contributed by atoms with Gasteiger partial charge in [0.25, 0.3) is 0 Å². The highest BCUT2D eigenvalue weighted by atomic mass is 19.1. The van der Waals surface area contributed by atoms with Crippen molar-refractivity contribution < 1.29 is 32.9 Å². The second-order valence-corrected chi connectivity index (χ2v) is 10.9. The van der Waals surface area contributed by atoms with Crippen molar-refractivity contribution in [3.63, 3.8) is 0 Å². The van der Waals surface area contributed by atoms with Crippen LogP contribution in [0.4, 0.5) is 10.2 Å². The van der Waals surface area contributed by atoms with Gasteiger partial charge in [-0.25, -0.2) is 14.2 Å². The fraction of sp³-hybridized carbons (Fsp3) is 0.469. The number of rotatable bonds is 10. The minimum atomic E-state index is -1.28. The number of piperidine rings is 1. The monoisotopic (exact) mass is 579 g/mol. The summed E-state index contributed by atoms with van der Waals surface area (Å²) < 4.78 is 42.9. The molecule has 1 aromatic heterocycles. The van der Waals surface area contributed by atoms with Crippen LogP contribution in [0.15, 0.2) is 48.5 Å². The number of methoxy groups -OCH3 is 2. The third kappa shape index (κ3) is 6.99. The maximum Gasteiger partial charge on any atom is 0.351 e. The van der Waals surface area contributed by atoms with Crippen LogP contribution in [0.25, 0.3) is 11.4 Å². The summed E-state index contributed by atoms with van der Waals surface area (Å²) in [6.45, 7) is 4.79. The number of halogens is 1. The zero-order valence-electron chi connectivity index (χ0n) is 24.4. The van der Waals surface area contributed by atoms with E-state index in [2.05, 4.69) is 9.88 Å². The van der Waals surface area contributed by atoms with Crippen LogP contribution in [-0.2, 0) is 25.6 Å². The number of anilines is 1. The van der Waals surface area contributed by atoms with E-state index in [4.69, 9.17) is 28.7 Å². The molecule has 0 unspecified atom stereocenters. The van der Waals surface area contributed by atoms with Gasteiger partial charge < -0.3 is 28.6 Å². The van der Waals surface area contributed by atoms with E-state index in [0.29, 0.717) is 54.7 Å². The Hall–Kier alpha value is -3.76. The summed E-state index contributed by atoms with van der Waals surface area (Å²) >= 11 is 0. The first-order chi connectivity index (χ1) is 20.4. The van der Waals surface area contributed by atoms with Crippen LogP contribution in [0.1, 0.15) is 36.8 Å². The lowest BCUT2D eigenvalue weighted by atomic mass is 9.94. The van der Waals surface area contributed by atoms with E-state index in [1.54, 1.807) is 39.3 Å². The maximum atomic E-state index is 14.6. The molecule has 2 aromatic carbocycles. The summed E-state index contributed by atoms with van der Waals surface area (Å²) in [5.41, 5.74) is 0.614. The van der Waals surface area contributed by atoms with Gasteiger partial charge in [-0.05, 0) is 55.0 Å². The highest BCUT2D eigenvalue weighted by Crippen LogP contribution is 2.33. The number of esters is 1. The van der Waals surface area contributed by atoms with Gasteiger partial charge >= 0.3 is 5.97 Å². The average molecular weight is 580 g/mol. The van der Waals surface area contributed by atoms with Crippen LogP contribution in [0, 0.1) is 18.7 Å². The lowest BCUT2D eigenvalue weighted by Gasteiger charge is -2.35. The number of benzene rings is 2. The second kappa shape index (κ2) is 13.5. The lowest BCUT2D eigenvalue weighted by molar-refractivity contribution is -0.172. The lowest BCUT2D eigenvalue weighted by Crippen LogP contribution is -2.50. The molecule has 2 fully saturated rings. The molecule has 0 aliphatic carbocycles. The van der Waals surface area contributed by atoms with E-state index in [0.717, 1.165) is 43.9 Å². The summed E-state index contributed by atoms with van der Waals surface area (Å²) in [4.78, 5) is 25.2. The fourth-order valence-electron chi connectivity index (χ4n) is 5.30. The van der Waals surface area contributed by atoms with Crippen LogP contribution in [-0.4, -0.2) is 68.7 Å². The molecule has 2 aliphatic rings. The Bertz CT molecular complexity index is 1350. The Morgan fingerprint density at radius 3 is 2.45 bits per heavy atom. The second-order valence-electron chi connectivity index (χ2n) is 10.9. The zero-order chi connectivity index (χ0) is 29.5. The Labute approximate surface area is 245 Å². The van der Waals surface area contributed by atoms with Crippen molar-refractivity contribution in [1.29, 1.82) is 0 Å². The molecule has 9 nitrogen and oxygen atoms in total. The molecule has 0 atom stereocenters. The summed E-state index contributed by atoms with van der Waals surface area (Å²) in [6, 6.07) is 14.0. The number of aryl methyl sites for hydroxylation is 1. The molecule has 3 aromatic rings. The molecular formula is C32H38FN3O6. The van der Waals surface area contributed by atoms with Gasteiger partial charge in [-0.1, -0.05) is 24.3 Å². The van der Waals surface area contributed by atoms with Gasteiger partial charge in [0.2, 0.25) is 11.5 Å². The minimum Gasteiger partial charge on any atom is -0.497 e. The van der Waals surface area contributed by atoms with Gasteiger partial charge in [0.05, 0.1) is 20.3 Å². The van der Waals surface area contributed by atoms with Gasteiger partial charge in [0.15, 0.2) is 5.82 Å². The normalized spacial score (nSPS) is 17.1. The van der Waals surface area contributed by atoms with Crippen molar-refractivity contribution >= 4 is 11.8 Å². The Balaban J connectivity index is 1.42. The quantitative estimate of drug-likeness (QED) is 0.303. The van der Waals surface area contributed by atoms with E-state index in [-0.39, 0.29) is 18.3 Å². The number of nitrogens with zero attached hydrogens (tertiary/aromatic N) is 3. The van der Waals surface area contributed by atoms with Crippen LogP contribution < -0.4 is 14.4 Å². The largest absolute Gasteiger partial charge is 0.497 e. The third-order valence-electron chi connectivity index (χ3n) is 7.96. The van der Waals surface area contributed by atoms with E-state index in [9.17, 15) is 9.18 Å². The van der Waals surface area contributed by atoms with Crippen LogP contribution in [0.3, 0.4) is 0 Å². The topological polar surface area (TPSA) is 92.2 Å². The molecule has 224 valence electrons. The summed E-state index contributed by atoms with van der Waals surface area (Å²) in [5.74, 6) is 1.62. The van der Waals surface area contributed by atoms with Gasteiger partial charge in [0.1, 0.15) is 24.0 Å². The van der Waals surface area contributed by atoms with Crippen LogP contribution in [0.5, 0.6) is 11.6 Å². The molecule has 5 rings (SSSR count). The number of aromatic nitrogens is 2. The SMILES string of the molecule is COCC1CCN(c2cc(OC3(C(=O)OCc4ccc(OC)cc4)CCOCC3)nc(-c3ccc(C)c(F)c3)n2)CC1. The molecular weight excluding hydrogens is 541 g/mol. The predicted octanol–water partition coefficient (Wildman–Crippen LogP) is 5.13. The van der Waals surface area contributed by atoms with Gasteiger partial charge in [-0.15, -0.1) is 0 Å². The molecule has 0 saturated carbocycles. The number of ether oxygens (including phenoxy) is 5. The standard InChI is InChI=1S/C32H38FN3O6/c1-22-4-7-25(18-27(22)33)30-34-28(36-14-10-24(11-15-36)20-38-2)19-29(35-30)42-32(12-16-40-17-13-32)31(37)41-21-23-5-8-26(39-3)9-6-23/h4-9,18-19,24H,10-17,20-21H2,1-3H3. The summed E-state index contributed by atoms with van der Waals surface area (Å²) in [7, 11) is 3.32. The van der Waals surface area contributed by atoms with Crippen LogP contribution in [0.2, 0.25) is 0 Å². The first kappa shape index (κ1) is 29.7. The first-order valence-corrected chi connectivity index (χ1v) is 14.4. The summed E-state index contributed by atoms with van der Waals surface area (Å²) in [6.07, 6.45) is 2.54. The van der Waals surface area contributed by atoms with E-state index in [1.165, 1.54) is 6.07 Å². The van der Waals surface area contributed by atoms with Crippen molar-refractivity contribution in [3.8, 4) is 23.0 Å². The smallest absolute Gasteiger partial charge is 0.351 e. The molecule has 2 aliphatic heterocycles. The van der Waals surface area contributed by atoms with Crippen molar-refractivity contribution in [1.82, 2.24) is 9.97 Å². The zero-order valence-corrected chi connectivity index (χ0v) is 24.4. The maximum absolute atomic E-state index is 14.6. The molecule has 3 heterocycles. The third-order valence-corrected chi connectivity index (χ3v) is 7.96. The van der Waals surface area contributed by atoms with Crippen molar-refractivity contribution in [2.24, 2.45) is 5.92 Å². The van der Waals surface area contributed by atoms with Crippen molar-refractivity contribution in [3.05, 3.63) is 65.5 Å². The predicted molar refractivity (Wildman–Crippen MR) is 155 cm³/mol. The Morgan fingerprint density at radius 2 is 1.79 bits per heavy atom. The number of hydrogen-bond donors (Lipinski definition) is 0. The fourth-order valence-corrected chi connectivity index (χ4v) is 5.30. The van der Waals surface area contributed by atoms with E-state index in [1.807, 2.05) is 24.3 Å². The molecule has 0 N–H and O–H groups in total. The van der Waals surface area contributed by atoms with Gasteiger partial charge in [0, 0.05) is 51.3 Å². The molecule has 10 heteroatoms. The first-order valence-electron chi connectivity index (χ1n) is 14.4. The van der Waals surface area contributed by atoms with Crippen molar-refractivity contribution in [2.45, 2.75) is 44.8 Å². The molecule has 0 amide bonds. The van der Waals surface area contributed by atoms with E-state index < -0.39 is 11.6 Å². The molecule has 0 radical (unpaired) electrons. The van der Waals surface area contributed by atoms with E-state index >= 15 is 0 Å². The summed E-state index contributed by atoms with van der Waals surface area (Å²) in [5, 5.41) is 0. The van der Waals surface area contributed by atoms with Gasteiger partial charge in [-0.3, -0.25) is 0 Å². The number of carbonyl (C=O) groups is 1. The molecule has 42 heavy (non-hydrogen) atoms. The highest BCUT2D eigenvalue weighted by Gasteiger charge is 2.45. The molecule has 0 spiro atoms. The number of hydrogen-bond acceptors (Lipinski definition) is 9. The Kier molecular flexibility index (Phi) is 9.54. The molecule has 2 saturated heterocycles.